The standard InChI is InChI=1S/C31H46FNO/c1-4-6-8-10-12-24(3)34-28-19-20-29(30(32)22-28)31-21-18-27(23-33-31)26-16-14-25(15-17-26)13-11-9-7-5-2/h18-26H,4-17H2,1-3H3/t24-,25?,26?/m0/s1. The monoisotopic (exact) mass is 467 g/mol. The molecule has 1 heterocycles. The van der Waals surface area contributed by atoms with Crippen LogP contribution in [0.15, 0.2) is 36.5 Å². The van der Waals surface area contributed by atoms with Crippen molar-refractivity contribution in [1.82, 2.24) is 4.98 Å². The van der Waals surface area contributed by atoms with E-state index in [2.05, 4.69) is 31.8 Å². The van der Waals surface area contributed by atoms with Crippen LogP contribution >= 0.6 is 0 Å². The topological polar surface area (TPSA) is 22.1 Å². The molecule has 0 aliphatic heterocycles. The van der Waals surface area contributed by atoms with Crippen LogP contribution in [0.3, 0.4) is 0 Å². The number of rotatable bonds is 14. The molecule has 34 heavy (non-hydrogen) atoms. The van der Waals surface area contributed by atoms with Crippen LogP contribution in [0, 0.1) is 11.7 Å². The zero-order valence-electron chi connectivity index (χ0n) is 21.8. The molecule has 0 radical (unpaired) electrons. The highest BCUT2D eigenvalue weighted by Crippen LogP contribution is 2.38. The van der Waals surface area contributed by atoms with Gasteiger partial charge in [0.05, 0.1) is 11.8 Å². The Morgan fingerprint density at radius 1 is 0.912 bits per heavy atom. The Hall–Kier alpha value is -1.90. The molecule has 1 saturated carbocycles. The van der Waals surface area contributed by atoms with Crippen molar-refractivity contribution in [1.29, 1.82) is 0 Å². The summed E-state index contributed by atoms with van der Waals surface area (Å²) in [6.45, 7) is 6.56. The molecule has 1 aliphatic rings. The van der Waals surface area contributed by atoms with Crippen LogP contribution in [0.5, 0.6) is 5.75 Å². The fourth-order valence-corrected chi connectivity index (χ4v) is 5.38. The highest BCUT2D eigenvalue weighted by Gasteiger charge is 2.22. The van der Waals surface area contributed by atoms with E-state index >= 15 is 0 Å². The summed E-state index contributed by atoms with van der Waals surface area (Å²) < 4.78 is 20.8. The smallest absolute Gasteiger partial charge is 0.136 e. The minimum absolute atomic E-state index is 0.103. The van der Waals surface area contributed by atoms with E-state index in [0.29, 0.717) is 22.9 Å². The van der Waals surface area contributed by atoms with Crippen LogP contribution in [0.25, 0.3) is 11.3 Å². The first kappa shape index (κ1) is 26.7. The molecule has 2 nitrogen and oxygen atoms in total. The molecular weight excluding hydrogens is 421 g/mol. The van der Waals surface area contributed by atoms with E-state index in [4.69, 9.17) is 4.74 Å². The number of aromatic nitrogens is 1. The quantitative estimate of drug-likeness (QED) is 0.258. The second-order valence-electron chi connectivity index (χ2n) is 10.5. The van der Waals surface area contributed by atoms with Gasteiger partial charge >= 0.3 is 0 Å². The molecule has 1 fully saturated rings. The Labute approximate surface area is 207 Å². The van der Waals surface area contributed by atoms with Crippen molar-refractivity contribution >= 4 is 0 Å². The summed E-state index contributed by atoms with van der Waals surface area (Å²) in [5.41, 5.74) is 2.56. The molecule has 1 aliphatic carbocycles. The van der Waals surface area contributed by atoms with E-state index in [1.165, 1.54) is 88.7 Å². The second-order valence-corrected chi connectivity index (χ2v) is 10.5. The average Bonchev–Trinajstić information content (AvgIpc) is 2.85. The maximum atomic E-state index is 14.9. The third kappa shape index (κ3) is 8.40. The lowest BCUT2D eigenvalue weighted by Crippen LogP contribution is -2.13. The molecular formula is C31H46FNO. The molecule has 3 heteroatoms. The van der Waals surface area contributed by atoms with E-state index in [0.717, 1.165) is 18.8 Å². The average molecular weight is 468 g/mol. The van der Waals surface area contributed by atoms with E-state index in [-0.39, 0.29) is 11.9 Å². The summed E-state index contributed by atoms with van der Waals surface area (Å²) in [4.78, 5) is 4.64. The van der Waals surface area contributed by atoms with E-state index in [1.54, 1.807) is 6.07 Å². The number of halogens is 1. The predicted octanol–water partition coefficient (Wildman–Crippen LogP) is 9.87. The summed E-state index contributed by atoms with van der Waals surface area (Å²) in [7, 11) is 0. The molecule has 3 rings (SSSR count). The van der Waals surface area contributed by atoms with Gasteiger partial charge in [0.15, 0.2) is 0 Å². The van der Waals surface area contributed by atoms with Crippen molar-refractivity contribution in [3.05, 3.63) is 47.9 Å². The molecule has 0 amide bonds. The molecule has 1 atom stereocenters. The SMILES string of the molecule is CCCCCCC1CCC(c2ccc(-c3ccc(O[C@@H](C)CCCCCC)cc3F)nc2)CC1. The molecule has 0 N–H and O–H groups in total. The van der Waals surface area contributed by atoms with Crippen LogP contribution in [-0.2, 0) is 0 Å². The molecule has 188 valence electrons. The zero-order valence-corrected chi connectivity index (χ0v) is 21.8. The zero-order chi connectivity index (χ0) is 24.2. The van der Waals surface area contributed by atoms with Gasteiger partial charge in [0.2, 0.25) is 0 Å². The molecule has 0 bridgehead atoms. The van der Waals surface area contributed by atoms with Gasteiger partial charge in [0.1, 0.15) is 11.6 Å². The summed E-state index contributed by atoms with van der Waals surface area (Å²) >= 11 is 0. The van der Waals surface area contributed by atoms with Crippen LogP contribution < -0.4 is 4.74 Å². The summed E-state index contributed by atoms with van der Waals surface area (Å²) in [6, 6.07) is 9.34. The Balaban J connectivity index is 1.49. The predicted molar refractivity (Wildman–Crippen MR) is 142 cm³/mol. The first-order chi connectivity index (χ1) is 16.6. The van der Waals surface area contributed by atoms with Crippen molar-refractivity contribution < 1.29 is 9.13 Å². The van der Waals surface area contributed by atoms with Crippen molar-refractivity contribution in [3.63, 3.8) is 0 Å². The largest absolute Gasteiger partial charge is 0.491 e. The van der Waals surface area contributed by atoms with Gasteiger partial charge in [0.25, 0.3) is 0 Å². The van der Waals surface area contributed by atoms with E-state index in [1.807, 2.05) is 18.3 Å². The lowest BCUT2D eigenvalue weighted by Gasteiger charge is -2.28. The normalized spacial score (nSPS) is 19.2. The first-order valence-electron chi connectivity index (χ1n) is 14.0. The third-order valence-electron chi connectivity index (χ3n) is 7.59. The number of hydrogen-bond acceptors (Lipinski definition) is 2. The number of nitrogens with zero attached hydrogens (tertiary/aromatic N) is 1. The van der Waals surface area contributed by atoms with Crippen molar-refractivity contribution in [2.75, 3.05) is 0 Å². The molecule has 1 aromatic carbocycles. The second kappa shape index (κ2) is 14.5. The minimum atomic E-state index is -0.264. The first-order valence-corrected chi connectivity index (χ1v) is 14.0. The molecule has 1 aromatic heterocycles. The highest BCUT2D eigenvalue weighted by molar-refractivity contribution is 5.61. The van der Waals surface area contributed by atoms with Crippen LogP contribution in [0.2, 0.25) is 0 Å². The Kier molecular flexibility index (Phi) is 11.4. The van der Waals surface area contributed by atoms with Crippen LogP contribution in [0.4, 0.5) is 4.39 Å². The van der Waals surface area contributed by atoms with Crippen molar-refractivity contribution in [3.8, 4) is 17.0 Å². The minimum Gasteiger partial charge on any atom is -0.491 e. The van der Waals surface area contributed by atoms with Gasteiger partial charge in [-0.3, -0.25) is 4.98 Å². The third-order valence-corrected chi connectivity index (χ3v) is 7.59. The number of ether oxygens (including phenoxy) is 1. The number of benzene rings is 1. The highest BCUT2D eigenvalue weighted by atomic mass is 19.1. The van der Waals surface area contributed by atoms with E-state index in [9.17, 15) is 4.39 Å². The van der Waals surface area contributed by atoms with Gasteiger partial charge in [-0.1, -0.05) is 71.3 Å². The molecule has 0 saturated heterocycles. The molecule has 0 unspecified atom stereocenters. The Morgan fingerprint density at radius 3 is 2.29 bits per heavy atom. The Bertz CT molecular complexity index is 826. The van der Waals surface area contributed by atoms with Gasteiger partial charge in [-0.05, 0) is 81.0 Å². The number of unbranched alkanes of at least 4 members (excludes halogenated alkanes) is 6. The van der Waals surface area contributed by atoms with Gasteiger partial charge < -0.3 is 4.74 Å². The summed E-state index contributed by atoms with van der Waals surface area (Å²) in [6.07, 6.45) is 20.1. The van der Waals surface area contributed by atoms with E-state index < -0.39 is 0 Å². The van der Waals surface area contributed by atoms with Gasteiger partial charge in [0, 0.05) is 17.8 Å². The van der Waals surface area contributed by atoms with Crippen molar-refractivity contribution in [2.45, 2.75) is 123 Å². The maximum Gasteiger partial charge on any atom is 0.136 e. The van der Waals surface area contributed by atoms with Gasteiger partial charge in [-0.15, -0.1) is 0 Å². The summed E-state index contributed by atoms with van der Waals surface area (Å²) in [5, 5.41) is 0. The number of hydrogen-bond donors (Lipinski definition) is 0. The lowest BCUT2D eigenvalue weighted by molar-refractivity contribution is 0.205. The van der Waals surface area contributed by atoms with Gasteiger partial charge in [-0.25, -0.2) is 4.39 Å². The maximum absolute atomic E-state index is 14.9. The summed E-state index contributed by atoms with van der Waals surface area (Å²) in [5.74, 6) is 1.86. The molecule has 0 spiro atoms. The fraction of sp³-hybridized carbons (Fsp3) is 0.645. The van der Waals surface area contributed by atoms with Crippen LogP contribution in [0.1, 0.15) is 122 Å². The lowest BCUT2D eigenvalue weighted by atomic mass is 9.77. The number of pyridine rings is 1. The van der Waals surface area contributed by atoms with Crippen LogP contribution in [-0.4, -0.2) is 11.1 Å². The Morgan fingerprint density at radius 2 is 1.65 bits per heavy atom. The molecule has 2 aromatic rings. The fourth-order valence-electron chi connectivity index (χ4n) is 5.38. The van der Waals surface area contributed by atoms with Gasteiger partial charge in [-0.2, -0.15) is 0 Å². The van der Waals surface area contributed by atoms with Crippen molar-refractivity contribution in [2.24, 2.45) is 5.92 Å².